The molecule has 0 aliphatic heterocycles. The van der Waals surface area contributed by atoms with Gasteiger partial charge in [0.1, 0.15) is 0 Å². The van der Waals surface area contributed by atoms with Crippen LogP contribution in [-0.2, 0) is 0 Å². The van der Waals surface area contributed by atoms with Crippen molar-refractivity contribution in [1.82, 2.24) is 10.3 Å². The SMILES string of the molecule is CCNC(=O)c1cc2c(Oc3ccc(NC(=O)[AsH]C4CC4)c(Cl)c3)ccnc2cc1OC. The predicted octanol–water partition coefficient (Wildman–Crippen LogP) is 4.99. The van der Waals surface area contributed by atoms with E-state index < -0.39 is 15.8 Å². The summed E-state index contributed by atoms with van der Waals surface area (Å²) < 4.78 is 12.2. The Morgan fingerprint density at radius 2 is 2.00 bits per heavy atom. The summed E-state index contributed by atoms with van der Waals surface area (Å²) in [7, 11) is 1.51. The van der Waals surface area contributed by atoms with Crippen LogP contribution in [0.1, 0.15) is 30.1 Å². The van der Waals surface area contributed by atoms with Crippen LogP contribution in [0.3, 0.4) is 0 Å². The Morgan fingerprint density at radius 3 is 2.69 bits per heavy atom. The average Bonchev–Trinajstić information content (AvgIpc) is 3.59. The quantitative estimate of drug-likeness (QED) is 0.413. The summed E-state index contributed by atoms with van der Waals surface area (Å²) in [6.07, 6.45) is 3.96. The predicted molar refractivity (Wildman–Crippen MR) is 127 cm³/mol. The third kappa shape index (κ3) is 5.17. The van der Waals surface area contributed by atoms with Crippen LogP contribution in [0.15, 0.2) is 42.6 Å². The van der Waals surface area contributed by atoms with Crippen molar-refractivity contribution in [3.8, 4) is 17.2 Å². The number of halogens is 1. The Labute approximate surface area is 197 Å². The van der Waals surface area contributed by atoms with Crippen LogP contribution < -0.4 is 20.1 Å². The van der Waals surface area contributed by atoms with Crippen LogP contribution in [0, 0.1) is 0 Å². The number of benzene rings is 2. The van der Waals surface area contributed by atoms with Gasteiger partial charge in [-0.2, -0.15) is 0 Å². The van der Waals surface area contributed by atoms with E-state index in [1.165, 1.54) is 20.0 Å². The second-order valence-corrected chi connectivity index (χ2v) is 11.0. The molecule has 0 saturated heterocycles. The number of methoxy groups -OCH3 is 1. The molecule has 4 rings (SSSR count). The van der Waals surface area contributed by atoms with E-state index in [0.717, 1.165) is 0 Å². The number of hydrogen-bond acceptors (Lipinski definition) is 5. The summed E-state index contributed by atoms with van der Waals surface area (Å²) in [4.78, 5) is 29.0. The first kappa shape index (κ1) is 22.4. The van der Waals surface area contributed by atoms with Gasteiger partial charge in [0.15, 0.2) is 0 Å². The van der Waals surface area contributed by atoms with E-state index in [1.54, 1.807) is 42.6 Å². The van der Waals surface area contributed by atoms with Crippen molar-refractivity contribution < 1.29 is 19.1 Å². The minimum Gasteiger partial charge on any atom is -0.496 e. The normalized spacial score (nSPS) is 13.3. The summed E-state index contributed by atoms with van der Waals surface area (Å²) in [6.45, 7) is 2.35. The van der Waals surface area contributed by atoms with Gasteiger partial charge in [0, 0.05) is 6.54 Å². The topological polar surface area (TPSA) is 89.6 Å². The zero-order valence-corrected chi connectivity index (χ0v) is 20.6. The van der Waals surface area contributed by atoms with Gasteiger partial charge in [-0.3, -0.25) is 4.79 Å². The number of ether oxygens (including phenoxy) is 2. The molecule has 1 aromatic heterocycles. The minimum absolute atomic E-state index is 0.0926. The first-order chi connectivity index (χ1) is 15.5. The van der Waals surface area contributed by atoms with Crippen molar-refractivity contribution >= 4 is 54.5 Å². The number of carbonyl (C=O) groups is 2. The van der Waals surface area contributed by atoms with Crippen molar-refractivity contribution in [1.29, 1.82) is 0 Å². The molecule has 2 N–H and O–H groups in total. The van der Waals surface area contributed by atoms with Crippen LogP contribution in [0.4, 0.5) is 10.5 Å². The fourth-order valence-corrected chi connectivity index (χ4v) is 5.58. The molecular weight excluding hydrogens is 493 g/mol. The molecular formula is C23H23AsClN3O4. The molecule has 1 aliphatic rings. The minimum atomic E-state index is -0.639. The second kappa shape index (κ2) is 9.80. The van der Waals surface area contributed by atoms with Gasteiger partial charge in [-0.25, -0.2) is 0 Å². The fourth-order valence-electron chi connectivity index (χ4n) is 3.20. The number of pyridine rings is 1. The van der Waals surface area contributed by atoms with E-state index in [1.807, 2.05) is 6.92 Å². The molecule has 32 heavy (non-hydrogen) atoms. The molecule has 1 saturated carbocycles. The molecule has 1 aliphatic carbocycles. The number of anilines is 1. The third-order valence-electron chi connectivity index (χ3n) is 4.93. The van der Waals surface area contributed by atoms with Crippen molar-refractivity contribution in [3.05, 3.63) is 53.2 Å². The van der Waals surface area contributed by atoms with Crippen LogP contribution in [0.25, 0.3) is 10.9 Å². The van der Waals surface area contributed by atoms with E-state index in [9.17, 15) is 9.59 Å². The van der Waals surface area contributed by atoms with Crippen LogP contribution >= 0.6 is 11.6 Å². The van der Waals surface area contributed by atoms with Gasteiger partial charge in [0.2, 0.25) is 0 Å². The number of amides is 2. The summed E-state index contributed by atoms with van der Waals surface area (Å²) in [5.41, 5.74) is 1.61. The van der Waals surface area contributed by atoms with Gasteiger partial charge in [-0.05, 0) is 6.92 Å². The van der Waals surface area contributed by atoms with Gasteiger partial charge in [-0.1, -0.05) is 0 Å². The molecule has 9 heteroatoms. The van der Waals surface area contributed by atoms with Gasteiger partial charge in [0.25, 0.3) is 0 Å². The van der Waals surface area contributed by atoms with E-state index in [0.29, 0.717) is 55.7 Å². The Balaban J connectivity index is 1.60. The summed E-state index contributed by atoms with van der Waals surface area (Å²) >= 11 is 5.75. The molecule has 0 radical (unpaired) electrons. The van der Waals surface area contributed by atoms with E-state index >= 15 is 0 Å². The molecule has 0 bridgehead atoms. The van der Waals surface area contributed by atoms with Crippen LogP contribution in [-0.4, -0.2) is 45.0 Å². The molecule has 2 aromatic carbocycles. The van der Waals surface area contributed by atoms with Crippen molar-refractivity contribution in [3.63, 3.8) is 0 Å². The Hall–Kier alpha value is -2.76. The monoisotopic (exact) mass is 515 g/mol. The molecule has 0 spiro atoms. The zero-order valence-electron chi connectivity index (χ0n) is 17.7. The first-order valence-electron chi connectivity index (χ1n) is 10.3. The number of fused-ring (bicyclic) bond motifs is 1. The number of nitrogens with one attached hydrogen (secondary N) is 2. The van der Waals surface area contributed by atoms with Crippen LogP contribution in [0.5, 0.6) is 17.2 Å². The number of hydrogen-bond donors (Lipinski definition) is 2. The zero-order chi connectivity index (χ0) is 22.7. The van der Waals surface area contributed by atoms with E-state index in [4.69, 9.17) is 21.1 Å². The average molecular weight is 516 g/mol. The van der Waals surface area contributed by atoms with Crippen molar-refractivity contribution in [2.75, 3.05) is 19.0 Å². The Morgan fingerprint density at radius 1 is 1.19 bits per heavy atom. The van der Waals surface area contributed by atoms with Crippen molar-refractivity contribution in [2.45, 2.75) is 24.5 Å². The number of carbonyl (C=O) groups excluding carboxylic acids is 2. The standard InChI is InChI=1S/C23H23AsClN3O4/c1-3-26-22(29)16-11-15-19(12-21(16)31-2)27-9-8-20(15)32-14-6-7-18(17(25)10-14)28-23(30)24-13-4-5-13/h6-13,24H,3-5H2,1-2H3,(H,26,29)(H,28,30). The maximum absolute atomic E-state index is 12.5. The van der Waals surface area contributed by atoms with E-state index in [-0.39, 0.29) is 10.6 Å². The first-order valence-corrected chi connectivity index (χ1v) is 12.9. The second-order valence-electron chi connectivity index (χ2n) is 7.35. The van der Waals surface area contributed by atoms with E-state index in [2.05, 4.69) is 15.6 Å². The summed E-state index contributed by atoms with van der Waals surface area (Å²) in [5, 5.41) is 6.76. The van der Waals surface area contributed by atoms with Gasteiger partial charge < -0.3 is 10.1 Å². The summed E-state index contributed by atoms with van der Waals surface area (Å²) in [6, 6.07) is 10.3. The molecule has 3 aromatic rings. The molecule has 7 nitrogen and oxygen atoms in total. The van der Waals surface area contributed by atoms with Gasteiger partial charge in [0.05, 0.1) is 7.11 Å². The molecule has 2 amide bonds. The third-order valence-corrected chi connectivity index (χ3v) is 8.13. The molecule has 1 atom stereocenters. The Kier molecular flexibility index (Phi) is 6.87. The van der Waals surface area contributed by atoms with Crippen molar-refractivity contribution in [2.24, 2.45) is 0 Å². The molecule has 1 fully saturated rings. The summed E-state index contributed by atoms with van der Waals surface area (Å²) in [5.74, 6) is 1.23. The van der Waals surface area contributed by atoms with Gasteiger partial charge >= 0.3 is 162 Å². The maximum atomic E-state index is 12.5. The van der Waals surface area contributed by atoms with Crippen LogP contribution in [0.2, 0.25) is 9.73 Å². The smallest absolute Gasteiger partial charge is 0.496 e. The van der Waals surface area contributed by atoms with Gasteiger partial charge in [-0.15, -0.1) is 0 Å². The molecule has 166 valence electrons. The number of nitrogens with zero attached hydrogens (tertiary/aromatic N) is 1. The molecule has 1 unspecified atom stereocenters. The fraction of sp³-hybridized carbons (Fsp3) is 0.261. The Bertz CT molecular complexity index is 1180. The number of aromatic nitrogens is 1. The molecule has 1 heterocycles. The number of rotatable bonds is 8.